The largest absolute Gasteiger partial charge is 0.416 e. The molecule has 8 heteroatoms. The standard InChI is InChI=1S/C24H27F3N2O3/c1-16(11-17-5-3-8-20(13-17)24(25,26)27)22(30)28-14-18-6-2-7-19(12-18)23(31)29-15-21-9-4-10-32-21/h2-3,5-8,12-13,16,21H,4,9-11,14-15H2,1H3,(H,28,30)(H,29,31). The minimum absolute atomic E-state index is 0.0553. The predicted octanol–water partition coefficient (Wildman–Crippen LogP) is 4.11. The van der Waals surface area contributed by atoms with Crippen LogP contribution in [-0.2, 0) is 28.7 Å². The number of amides is 2. The lowest BCUT2D eigenvalue weighted by Crippen LogP contribution is -2.32. The minimum atomic E-state index is -4.41. The van der Waals surface area contributed by atoms with Crippen LogP contribution in [0.15, 0.2) is 48.5 Å². The molecule has 2 amide bonds. The van der Waals surface area contributed by atoms with Gasteiger partial charge in [-0.1, -0.05) is 37.3 Å². The monoisotopic (exact) mass is 448 g/mol. The first-order chi connectivity index (χ1) is 15.2. The maximum Gasteiger partial charge on any atom is 0.416 e. The van der Waals surface area contributed by atoms with Crippen molar-refractivity contribution in [1.29, 1.82) is 0 Å². The highest BCUT2D eigenvalue weighted by Crippen LogP contribution is 2.30. The van der Waals surface area contributed by atoms with Gasteiger partial charge in [-0.3, -0.25) is 9.59 Å². The summed E-state index contributed by atoms with van der Waals surface area (Å²) in [5.41, 5.74) is 0.978. The Balaban J connectivity index is 1.50. The molecule has 0 radical (unpaired) electrons. The van der Waals surface area contributed by atoms with Gasteiger partial charge in [-0.2, -0.15) is 13.2 Å². The average molecular weight is 448 g/mol. The lowest BCUT2D eigenvalue weighted by atomic mass is 9.98. The Hall–Kier alpha value is -2.87. The van der Waals surface area contributed by atoms with E-state index in [1.54, 1.807) is 37.3 Å². The Bertz CT molecular complexity index is 940. The van der Waals surface area contributed by atoms with Crippen LogP contribution in [0, 0.1) is 5.92 Å². The molecule has 5 nitrogen and oxygen atoms in total. The van der Waals surface area contributed by atoms with Gasteiger partial charge in [0.2, 0.25) is 5.91 Å². The molecule has 2 atom stereocenters. The number of hydrogen-bond acceptors (Lipinski definition) is 3. The van der Waals surface area contributed by atoms with Gasteiger partial charge in [-0.05, 0) is 48.6 Å². The molecule has 32 heavy (non-hydrogen) atoms. The summed E-state index contributed by atoms with van der Waals surface area (Å²) >= 11 is 0. The fraction of sp³-hybridized carbons (Fsp3) is 0.417. The summed E-state index contributed by atoms with van der Waals surface area (Å²) in [6.07, 6.45) is -2.23. The van der Waals surface area contributed by atoms with E-state index in [4.69, 9.17) is 4.74 Å². The van der Waals surface area contributed by atoms with Gasteiger partial charge >= 0.3 is 6.18 Å². The molecule has 0 aromatic heterocycles. The zero-order chi connectivity index (χ0) is 23.1. The fourth-order valence-corrected chi connectivity index (χ4v) is 3.62. The zero-order valence-electron chi connectivity index (χ0n) is 17.9. The van der Waals surface area contributed by atoms with Crippen molar-refractivity contribution in [3.63, 3.8) is 0 Å². The number of halogens is 3. The van der Waals surface area contributed by atoms with Crippen LogP contribution in [0.2, 0.25) is 0 Å². The lowest BCUT2D eigenvalue weighted by molar-refractivity contribution is -0.137. The normalized spacial score (nSPS) is 17.1. The van der Waals surface area contributed by atoms with Gasteiger partial charge in [0.1, 0.15) is 0 Å². The highest BCUT2D eigenvalue weighted by Gasteiger charge is 2.30. The number of carbonyl (C=O) groups is 2. The summed E-state index contributed by atoms with van der Waals surface area (Å²) in [6, 6.07) is 12.0. The molecule has 2 N–H and O–H groups in total. The molecule has 0 spiro atoms. The third-order valence-corrected chi connectivity index (χ3v) is 5.41. The smallest absolute Gasteiger partial charge is 0.376 e. The van der Waals surface area contributed by atoms with E-state index in [1.807, 2.05) is 0 Å². The van der Waals surface area contributed by atoms with E-state index in [2.05, 4.69) is 10.6 Å². The van der Waals surface area contributed by atoms with Crippen LogP contribution in [0.25, 0.3) is 0 Å². The summed E-state index contributed by atoms with van der Waals surface area (Å²) in [4.78, 5) is 24.8. The molecule has 0 saturated carbocycles. The summed E-state index contributed by atoms with van der Waals surface area (Å²) < 4.78 is 44.1. The van der Waals surface area contributed by atoms with Crippen molar-refractivity contribution >= 4 is 11.8 Å². The second kappa shape index (κ2) is 10.6. The molecule has 2 aromatic rings. The van der Waals surface area contributed by atoms with Crippen molar-refractivity contribution in [3.8, 4) is 0 Å². The number of carbonyl (C=O) groups excluding carboxylic acids is 2. The first kappa shape index (κ1) is 23.8. The zero-order valence-corrected chi connectivity index (χ0v) is 17.9. The van der Waals surface area contributed by atoms with Crippen LogP contribution < -0.4 is 10.6 Å². The molecule has 1 saturated heterocycles. The van der Waals surface area contributed by atoms with E-state index in [1.165, 1.54) is 6.07 Å². The van der Waals surface area contributed by atoms with E-state index >= 15 is 0 Å². The van der Waals surface area contributed by atoms with Crippen molar-refractivity contribution in [2.45, 2.75) is 45.0 Å². The van der Waals surface area contributed by atoms with Gasteiger partial charge in [-0.15, -0.1) is 0 Å². The van der Waals surface area contributed by atoms with Crippen LogP contribution in [0.3, 0.4) is 0 Å². The molecule has 2 unspecified atom stereocenters. The molecule has 1 aliphatic heterocycles. The predicted molar refractivity (Wildman–Crippen MR) is 114 cm³/mol. The molecule has 1 aliphatic rings. The Morgan fingerprint density at radius 1 is 1.09 bits per heavy atom. The van der Waals surface area contributed by atoms with Crippen LogP contribution >= 0.6 is 0 Å². The number of alkyl halides is 3. The number of ether oxygens (including phenoxy) is 1. The van der Waals surface area contributed by atoms with E-state index in [0.717, 1.165) is 37.1 Å². The number of nitrogens with one attached hydrogen (secondary N) is 2. The number of hydrogen-bond donors (Lipinski definition) is 2. The summed E-state index contributed by atoms with van der Waals surface area (Å²) in [7, 11) is 0. The third kappa shape index (κ3) is 6.82. The van der Waals surface area contributed by atoms with Gasteiger partial charge in [0.25, 0.3) is 5.91 Å². The van der Waals surface area contributed by atoms with Gasteiger partial charge < -0.3 is 15.4 Å². The van der Waals surface area contributed by atoms with Crippen molar-refractivity contribution in [3.05, 3.63) is 70.8 Å². The van der Waals surface area contributed by atoms with Gasteiger partial charge in [-0.25, -0.2) is 0 Å². The van der Waals surface area contributed by atoms with Crippen LogP contribution in [0.4, 0.5) is 13.2 Å². The Morgan fingerprint density at radius 3 is 2.56 bits per heavy atom. The SMILES string of the molecule is CC(Cc1cccc(C(F)(F)F)c1)C(=O)NCc1cccc(C(=O)NCC2CCCO2)c1. The molecule has 2 aromatic carbocycles. The molecular formula is C24H27F3N2O3. The molecule has 0 aliphatic carbocycles. The maximum absolute atomic E-state index is 12.9. The Morgan fingerprint density at radius 2 is 1.84 bits per heavy atom. The van der Waals surface area contributed by atoms with Gasteiger partial charge in [0, 0.05) is 31.2 Å². The van der Waals surface area contributed by atoms with Gasteiger partial charge in [0.05, 0.1) is 11.7 Å². The van der Waals surface area contributed by atoms with E-state index in [-0.39, 0.29) is 30.9 Å². The first-order valence-electron chi connectivity index (χ1n) is 10.6. The average Bonchev–Trinajstić information content (AvgIpc) is 3.29. The van der Waals surface area contributed by atoms with Crippen molar-refractivity contribution < 1.29 is 27.5 Å². The third-order valence-electron chi connectivity index (χ3n) is 5.41. The Labute approximate surface area is 185 Å². The number of benzene rings is 2. The Kier molecular flexibility index (Phi) is 7.90. The second-order valence-electron chi connectivity index (χ2n) is 8.07. The molecule has 0 bridgehead atoms. The van der Waals surface area contributed by atoms with Crippen LogP contribution in [-0.4, -0.2) is 31.1 Å². The molecule has 1 heterocycles. The van der Waals surface area contributed by atoms with E-state index < -0.39 is 17.7 Å². The molecule has 1 fully saturated rings. The lowest BCUT2D eigenvalue weighted by Gasteiger charge is -2.14. The highest BCUT2D eigenvalue weighted by atomic mass is 19.4. The van der Waals surface area contributed by atoms with Crippen molar-refractivity contribution in [2.24, 2.45) is 5.92 Å². The summed E-state index contributed by atoms with van der Waals surface area (Å²) in [5, 5.41) is 5.66. The molecule has 172 valence electrons. The number of rotatable bonds is 8. The van der Waals surface area contributed by atoms with Gasteiger partial charge in [0.15, 0.2) is 0 Å². The van der Waals surface area contributed by atoms with Crippen LogP contribution in [0.1, 0.15) is 46.8 Å². The van der Waals surface area contributed by atoms with E-state index in [9.17, 15) is 22.8 Å². The quantitative estimate of drug-likeness (QED) is 0.639. The van der Waals surface area contributed by atoms with E-state index in [0.29, 0.717) is 17.7 Å². The second-order valence-corrected chi connectivity index (χ2v) is 8.07. The van der Waals surface area contributed by atoms with Crippen molar-refractivity contribution in [2.75, 3.05) is 13.2 Å². The molecule has 3 rings (SSSR count). The summed E-state index contributed by atoms with van der Waals surface area (Å²) in [6.45, 7) is 3.08. The topological polar surface area (TPSA) is 67.4 Å². The minimum Gasteiger partial charge on any atom is -0.376 e. The first-order valence-corrected chi connectivity index (χ1v) is 10.6. The maximum atomic E-state index is 12.9. The summed E-state index contributed by atoms with van der Waals surface area (Å²) in [5.74, 6) is -0.974. The fourth-order valence-electron chi connectivity index (χ4n) is 3.62. The molecular weight excluding hydrogens is 421 g/mol. The highest BCUT2D eigenvalue weighted by molar-refractivity contribution is 5.94. The van der Waals surface area contributed by atoms with Crippen molar-refractivity contribution in [1.82, 2.24) is 10.6 Å². The van der Waals surface area contributed by atoms with Crippen LogP contribution in [0.5, 0.6) is 0 Å².